The van der Waals surface area contributed by atoms with Crippen molar-refractivity contribution >= 4 is 12.4 Å². The minimum absolute atomic E-state index is 0. The zero-order valence-corrected chi connectivity index (χ0v) is 12.3. The van der Waals surface area contributed by atoms with Crippen LogP contribution in [0.25, 0.3) is 0 Å². The average Bonchev–Trinajstić information content (AvgIpc) is 2.85. The molecule has 0 radical (unpaired) electrons. The zero-order chi connectivity index (χ0) is 12.4. The molecule has 4 heteroatoms. The van der Waals surface area contributed by atoms with Crippen LogP contribution in [0, 0.1) is 0 Å². The Morgan fingerprint density at radius 1 is 1.42 bits per heavy atom. The first kappa shape index (κ1) is 14.6. The molecule has 0 unspecified atom stereocenters. The minimum atomic E-state index is 0. The number of nitrogens with zero attached hydrogens (tertiary/aromatic N) is 1. The van der Waals surface area contributed by atoms with Crippen LogP contribution >= 0.6 is 12.4 Å². The molecule has 0 spiro atoms. The second kappa shape index (κ2) is 6.60. The first-order valence-corrected chi connectivity index (χ1v) is 7.02. The van der Waals surface area contributed by atoms with Gasteiger partial charge in [-0.05, 0) is 30.5 Å². The molecule has 0 amide bonds. The van der Waals surface area contributed by atoms with Gasteiger partial charge in [-0.25, -0.2) is 0 Å². The van der Waals surface area contributed by atoms with Gasteiger partial charge in [-0.3, -0.25) is 4.90 Å². The van der Waals surface area contributed by atoms with Crippen LogP contribution in [0.5, 0.6) is 5.75 Å². The Hall–Kier alpha value is -0.770. The van der Waals surface area contributed by atoms with Crippen molar-refractivity contribution < 1.29 is 4.74 Å². The van der Waals surface area contributed by atoms with Gasteiger partial charge in [0.2, 0.25) is 0 Å². The maximum absolute atomic E-state index is 5.55. The van der Waals surface area contributed by atoms with Gasteiger partial charge in [-0.2, -0.15) is 0 Å². The molecule has 1 N–H and O–H groups in total. The van der Waals surface area contributed by atoms with E-state index < -0.39 is 0 Å². The third-order valence-corrected chi connectivity index (χ3v) is 4.08. The number of fused-ring (bicyclic) bond motifs is 1. The molecule has 106 valence electrons. The molecule has 2 aliphatic heterocycles. The molecule has 1 saturated heterocycles. The highest BCUT2D eigenvalue weighted by atomic mass is 35.5. The van der Waals surface area contributed by atoms with Gasteiger partial charge in [0.1, 0.15) is 5.75 Å². The van der Waals surface area contributed by atoms with Crippen LogP contribution in [0.1, 0.15) is 18.1 Å². The van der Waals surface area contributed by atoms with E-state index in [9.17, 15) is 0 Å². The number of piperazine rings is 1. The van der Waals surface area contributed by atoms with Crippen molar-refractivity contribution in [2.45, 2.75) is 25.8 Å². The molecule has 1 aromatic rings. The quantitative estimate of drug-likeness (QED) is 0.916. The predicted octanol–water partition coefficient (Wildman–Crippen LogP) is 1.88. The molecule has 0 bridgehead atoms. The Kier molecular flexibility index (Phi) is 5.08. The van der Waals surface area contributed by atoms with Gasteiger partial charge in [0, 0.05) is 38.6 Å². The zero-order valence-electron chi connectivity index (χ0n) is 11.5. The van der Waals surface area contributed by atoms with Crippen LogP contribution in [-0.4, -0.2) is 43.7 Å². The number of benzene rings is 1. The molecule has 0 aromatic heterocycles. The molecule has 3 nitrogen and oxygen atoms in total. The van der Waals surface area contributed by atoms with Crippen molar-refractivity contribution in [3.05, 3.63) is 29.3 Å². The fraction of sp³-hybridized carbons (Fsp3) is 0.600. The number of hydrogen-bond acceptors (Lipinski definition) is 3. The van der Waals surface area contributed by atoms with Gasteiger partial charge in [0.05, 0.1) is 6.61 Å². The molecule has 2 aliphatic rings. The summed E-state index contributed by atoms with van der Waals surface area (Å²) in [5, 5.41) is 3.44. The normalized spacial score (nSPS) is 22.5. The molecular weight excluding hydrogens is 260 g/mol. The van der Waals surface area contributed by atoms with Crippen molar-refractivity contribution in [2.75, 3.05) is 32.8 Å². The lowest BCUT2D eigenvalue weighted by Gasteiger charge is -2.33. The largest absolute Gasteiger partial charge is 0.493 e. The van der Waals surface area contributed by atoms with Crippen LogP contribution in [0.3, 0.4) is 0 Å². The Labute approximate surface area is 121 Å². The van der Waals surface area contributed by atoms with Crippen molar-refractivity contribution in [2.24, 2.45) is 0 Å². The molecule has 1 aromatic carbocycles. The van der Waals surface area contributed by atoms with E-state index in [4.69, 9.17) is 4.74 Å². The monoisotopic (exact) mass is 282 g/mol. The van der Waals surface area contributed by atoms with E-state index in [-0.39, 0.29) is 12.4 Å². The smallest absolute Gasteiger partial charge is 0.122 e. The summed E-state index contributed by atoms with van der Waals surface area (Å²) in [6.45, 7) is 7.76. The van der Waals surface area contributed by atoms with Crippen LogP contribution in [0.4, 0.5) is 0 Å². The average molecular weight is 283 g/mol. The number of hydrogen-bond donors (Lipinski definition) is 1. The molecule has 2 heterocycles. The van der Waals surface area contributed by atoms with Crippen LogP contribution in [-0.2, 0) is 12.8 Å². The third-order valence-electron chi connectivity index (χ3n) is 4.08. The van der Waals surface area contributed by atoms with Gasteiger partial charge in [-0.1, -0.05) is 12.1 Å². The van der Waals surface area contributed by atoms with E-state index in [0.29, 0.717) is 6.04 Å². The van der Waals surface area contributed by atoms with E-state index in [1.807, 2.05) is 0 Å². The second-order valence-electron chi connectivity index (χ2n) is 5.38. The Balaban J connectivity index is 0.00000133. The first-order valence-electron chi connectivity index (χ1n) is 7.02. The molecule has 0 saturated carbocycles. The second-order valence-corrected chi connectivity index (χ2v) is 5.38. The lowest BCUT2D eigenvalue weighted by atomic mass is 10.1. The van der Waals surface area contributed by atoms with Gasteiger partial charge >= 0.3 is 0 Å². The van der Waals surface area contributed by atoms with Gasteiger partial charge in [-0.15, -0.1) is 12.4 Å². The van der Waals surface area contributed by atoms with Crippen molar-refractivity contribution in [3.63, 3.8) is 0 Å². The lowest BCUT2D eigenvalue weighted by Crippen LogP contribution is -2.50. The summed E-state index contributed by atoms with van der Waals surface area (Å²) < 4.78 is 5.55. The van der Waals surface area contributed by atoms with Crippen molar-refractivity contribution in [3.8, 4) is 5.75 Å². The standard InChI is InChI=1S/C15H22N2O.ClH/c1-12-11-16-6-8-17(12)7-4-13-2-3-15-14(10-13)5-9-18-15;/h2-3,10,12,16H,4-9,11H2,1H3;1H/t12-;/m1./s1. The topological polar surface area (TPSA) is 24.5 Å². The number of rotatable bonds is 3. The Bertz CT molecular complexity index is 425. The predicted molar refractivity (Wildman–Crippen MR) is 80.5 cm³/mol. The number of ether oxygens (including phenoxy) is 1. The maximum Gasteiger partial charge on any atom is 0.122 e. The summed E-state index contributed by atoms with van der Waals surface area (Å²) >= 11 is 0. The third kappa shape index (κ3) is 3.41. The summed E-state index contributed by atoms with van der Waals surface area (Å²) in [7, 11) is 0. The fourth-order valence-electron chi connectivity index (χ4n) is 2.88. The minimum Gasteiger partial charge on any atom is -0.493 e. The summed E-state index contributed by atoms with van der Waals surface area (Å²) in [5.41, 5.74) is 2.84. The Morgan fingerprint density at radius 3 is 3.16 bits per heavy atom. The molecule has 3 rings (SSSR count). The molecule has 0 aliphatic carbocycles. The molecule has 1 atom stereocenters. The highest BCUT2D eigenvalue weighted by Gasteiger charge is 2.17. The highest BCUT2D eigenvalue weighted by molar-refractivity contribution is 5.85. The van der Waals surface area contributed by atoms with E-state index in [1.54, 1.807) is 0 Å². The van der Waals surface area contributed by atoms with E-state index in [2.05, 4.69) is 35.3 Å². The van der Waals surface area contributed by atoms with E-state index in [0.717, 1.165) is 38.3 Å². The summed E-state index contributed by atoms with van der Waals surface area (Å²) in [5.74, 6) is 1.09. The van der Waals surface area contributed by atoms with E-state index in [1.165, 1.54) is 24.2 Å². The molecule has 19 heavy (non-hydrogen) atoms. The number of nitrogens with one attached hydrogen (secondary N) is 1. The van der Waals surface area contributed by atoms with Crippen LogP contribution in [0.15, 0.2) is 18.2 Å². The summed E-state index contributed by atoms with van der Waals surface area (Å²) in [4.78, 5) is 2.58. The highest BCUT2D eigenvalue weighted by Crippen LogP contribution is 2.26. The first-order chi connectivity index (χ1) is 8.83. The summed E-state index contributed by atoms with van der Waals surface area (Å²) in [6, 6.07) is 7.35. The van der Waals surface area contributed by atoms with Crippen molar-refractivity contribution in [1.29, 1.82) is 0 Å². The lowest BCUT2D eigenvalue weighted by molar-refractivity contribution is 0.176. The fourth-order valence-corrected chi connectivity index (χ4v) is 2.88. The van der Waals surface area contributed by atoms with Crippen LogP contribution in [0.2, 0.25) is 0 Å². The van der Waals surface area contributed by atoms with Crippen molar-refractivity contribution in [1.82, 2.24) is 10.2 Å². The molecule has 1 fully saturated rings. The maximum atomic E-state index is 5.55. The van der Waals surface area contributed by atoms with Crippen LogP contribution < -0.4 is 10.1 Å². The van der Waals surface area contributed by atoms with Gasteiger partial charge in [0.15, 0.2) is 0 Å². The SMILES string of the molecule is C[C@@H]1CNCCN1CCc1ccc2c(c1)CCO2.Cl. The van der Waals surface area contributed by atoms with Gasteiger partial charge < -0.3 is 10.1 Å². The van der Waals surface area contributed by atoms with E-state index >= 15 is 0 Å². The molecular formula is C15H23ClN2O. The Morgan fingerprint density at radius 2 is 2.32 bits per heavy atom. The number of halogens is 1. The van der Waals surface area contributed by atoms with Gasteiger partial charge in [0.25, 0.3) is 0 Å². The summed E-state index contributed by atoms with van der Waals surface area (Å²) in [6.07, 6.45) is 2.23.